The molecule has 21 heavy (non-hydrogen) atoms. The van der Waals surface area contributed by atoms with Crippen molar-refractivity contribution in [1.29, 1.82) is 5.26 Å². The van der Waals surface area contributed by atoms with Gasteiger partial charge in [0.1, 0.15) is 11.5 Å². The van der Waals surface area contributed by atoms with Crippen LogP contribution in [0.5, 0.6) is 11.5 Å². The number of nitrogens with two attached hydrogens (primary N) is 1. The van der Waals surface area contributed by atoms with Crippen LogP contribution >= 0.6 is 0 Å². The van der Waals surface area contributed by atoms with E-state index in [1.165, 1.54) is 13.2 Å². The average molecular weight is 282 g/mol. The fraction of sp³-hybridized carbons (Fsp3) is 0.125. The number of benzene rings is 2. The van der Waals surface area contributed by atoms with Gasteiger partial charge in [0.2, 0.25) is 0 Å². The zero-order valence-corrected chi connectivity index (χ0v) is 11.7. The number of carbonyl (C=O) groups excluding carboxylic acids is 1. The maximum absolute atomic E-state index is 11.4. The normalized spacial score (nSPS) is 9.76. The van der Waals surface area contributed by atoms with Crippen LogP contribution in [0.15, 0.2) is 36.4 Å². The fourth-order valence-electron chi connectivity index (χ4n) is 1.78. The lowest BCUT2D eigenvalue weighted by atomic mass is 10.1. The smallest absolute Gasteiger partial charge is 0.337 e. The molecule has 0 unspecified atom stereocenters. The summed E-state index contributed by atoms with van der Waals surface area (Å²) in [7, 11) is 1.31. The predicted molar refractivity (Wildman–Crippen MR) is 78.2 cm³/mol. The van der Waals surface area contributed by atoms with Crippen LogP contribution in [-0.4, -0.2) is 13.1 Å². The molecule has 5 nitrogen and oxygen atoms in total. The molecule has 0 amide bonds. The lowest BCUT2D eigenvalue weighted by Crippen LogP contribution is -2.03. The third kappa shape index (κ3) is 3.12. The molecule has 106 valence electrons. The van der Waals surface area contributed by atoms with Crippen molar-refractivity contribution in [1.82, 2.24) is 0 Å². The quantitative estimate of drug-likeness (QED) is 0.690. The summed E-state index contributed by atoms with van der Waals surface area (Å²) in [5, 5.41) is 8.92. The minimum Gasteiger partial charge on any atom is -0.465 e. The standard InChI is InChI=1S/C16H14N2O3/c1-10-3-4-11(9-17)7-15(10)21-14-6-5-12(8-13(14)18)16(19)20-2/h3-8H,18H2,1-2H3. The second-order valence-corrected chi connectivity index (χ2v) is 4.44. The molecule has 0 aliphatic rings. The molecule has 0 atom stereocenters. The molecule has 2 aromatic rings. The summed E-state index contributed by atoms with van der Waals surface area (Å²) in [5.41, 5.74) is 7.94. The second kappa shape index (κ2) is 5.97. The SMILES string of the molecule is COC(=O)c1ccc(Oc2cc(C#N)ccc2C)c(N)c1. The zero-order valence-electron chi connectivity index (χ0n) is 11.7. The highest BCUT2D eigenvalue weighted by atomic mass is 16.5. The van der Waals surface area contributed by atoms with Crippen molar-refractivity contribution in [3.63, 3.8) is 0 Å². The first kappa shape index (κ1) is 14.4. The fourth-order valence-corrected chi connectivity index (χ4v) is 1.78. The van der Waals surface area contributed by atoms with E-state index in [0.717, 1.165) is 5.56 Å². The van der Waals surface area contributed by atoms with E-state index in [-0.39, 0.29) is 0 Å². The van der Waals surface area contributed by atoms with Crippen molar-refractivity contribution in [3.05, 3.63) is 53.1 Å². The number of esters is 1. The topological polar surface area (TPSA) is 85.3 Å². The highest BCUT2D eigenvalue weighted by molar-refractivity contribution is 5.90. The molecular weight excluding hydrogens is 268 g/mol. The molecular formula is C16H14N2O3. The number of aryl methyl sites for hydroxylation is 1. The van der Waals surface area contributed by atoms with Gasteiger partial charge in [-0.05, 0) is 42.8 Å². The molecule has 2 aromatic carbocycles. The summed E-state index contributed by atoms with van der Waals surface area (Å²) in [5.74, 6) is 0.503. The number of ether oxygens (including phenoxy) is 2. The summed E-state index contributed by atoms with van der Waals surface area (Å²) in [6.45, 7) is 1.87. The van der Waals surface area contributed by atoms with Gasteiger partial charge in [-0.15, -0.1) is 0 Å². The number of nitrogen functional groups attached to an aromatic ring is 1. The molecule has 2 N–H and O–H groups in total. The Morgan fingerprint density at radius 1 is 1.19 bits per heavy atom. The van der Waals surface area contributed by atoms with Gasteiger partial charge in [-0.3, -0.25) is 0 Å². The van der Waals surface area contributed by atoms with E-state index < -0.39 is 5.97 Å². The number of nitriles is 1. The van der Waals surface area contributed by atoms with Crippen LogP contribution in [0.2, 0.25) is 0 Å². The van der Waals surface area contributed by atoms with E-state index >= 15 is 0 Å². The van der Waals surface area contributed by atoms with Gasteiger partial charge in [-0.1, -0.05) is 6.07 Å². The summed E-state index contributed by atoms with van der Waals surface area (Å²) < 4.78 is 10.4. The van der Waals surface area contributed by atoms with Crippen LogP contribution in [-0.2, 0) is 4.74 Å². The monoisotopic (exact) mass is 282 g/mol. The Morgan fingerprint density at radius 3 is 2.57 bits per heavy atom. The van der Waals surface area contributed by atoms with Crippen molar-refractivity contribution in [2.75, 3.05) is 12.8 Å². The Balaban J connectivity index is 2.32. The summed E-state index contributed by atoms with van der Waals surface area (Å²) >= 11 is 0. The number of methoxy groups -OCH3 is 1. The Bertz CT molecular complexity index is 733. The largest absolute Gasteiger partial charge is 0.465 e. The maximum atomic E-state index is 11.4. The molecule has 0 bridgehead atoms. The number of anilines is 1. The number of carbonyl (C=O) groups is 1. The number of nitrogens with zero attached hydrogens (tertiary/aromatic N) is 1. The van der Waals surface area contributed by atoms with E-state index in [1.807, 2.05) is 6.92 Å². The minimum absolute atomic E-state index is 0.319. The van der Waals surface area contributed by atoms with E-state index in [0.29, 0.717) is 28.3 Å². The Hall–Kier alpha value is -3.00. The number of rotatable bonds is 3. The molecule has 2 rings (SSSR count). The van der Waals surface area contributed by atoms with Gasteiger partial charge in [-0.2, -0.15) is 5.26 Å². The first-order chi connectivity index (χ1) is 10.0. The van der Waals surface area contributed by atoms with Crippen molar-refractivity contribution in [2.24, 2.45) is 0 Å². The molecule has 0 heterocycles. The minimum atomic E-state index is -0.462. The van der Waals surface area contributed by atoms with Gasteiger partial charge in [0, 0.05) is 0 Å². The van der Waals surface area contributed by atoms with E-state index in [1.54, 1.807) is 30.3 Å². The molecule has 0 aliphatic heterocycles. The highest BCUT2D eigenvalue weighted by Gasteiger charge is 2.10. The van der Waals surface area contributed by atoms with E-state index in [9.17, 15) is 4.79 Å². The van der Waals surface area contributed by atoms with Crippen LogP contribution in [0.3, 0.4) is 0 Å². The van der Waals surface area contributed by atoms with Gasteiger partial charge in [-0.25, -0.2) is 4.79 Å². The first-order valence-electron chi connectivity index (χ1n) is 6.21. The lowest BCUT2D eigenvalue weighted by molar-refractivity contribution is 0.0601. The molecule has 0 saturated carbocycles. The van der Waals surface area contributed by atoms with E-state index in [2.05, 4.69) is 10.8 Å². The van der Waals surface area contributed by atoms with Crippen LogP contribution in [0.25, 0.3) is 0 Å². The molecule has 0 radical (unpaired) electrons. The number of hydrogen-bond donors (Lipinski definition) is 1. The van der Waals surface area contributed by atoms with Gasteiger partial charge < -0.3 is 15.2 Å². The molecule has 0 saturated heterocycles. The van der Waals surface area contributed by atoms with Gasteiger partial charge in [0.05, 0.1) is 30.0 Å². The van der Waals surface area contributed by atoms with Crippen molar-refractivity contribution in [2.45, 2.75) is 6.92 Å². The summed E-state index contributed by atoms with van der Waals surface area (Å²) in [6.07, 6.45) is 0. The predicted octanol–water partition coefficient (Wildman–Crippen LogP) is 3.03. The third-order valence-corrected chi connectivity index (χ3v) is 2.97. The van der Waals surface area contributed by atoms with Crippen LogP contribution in [0, 0.1) is 18.3 Å². The van der Waals surface area contributed by atoms with Crippen molar-refractivity contribution < 1.29 is 14.3 Å². The lowest BCUT2D eigenvalue weighted by Gasteiger charge is -2.11. The van der Waals surface area contributed by atoms with E-state index in [4.69, 9.17) is 15.7 Å². The number of hydrogen-bond acceptors (Lipinski definition) is 5. The van der Waals surface area contributed by atoms with Gasteiger partial charge in [0.25, 0.3) is 0 Å². The zero-order chi connectivity index (χ0) is 15.4. The summed E-state index contributed by atoms with van der Waals surface area (Å²) in [6, 6.07) is 11.9. The van der Waals surface area contributed by atoms with Gasteiger partial charge >= 0.3 is 5.97 Å². The molecule has 0 aliphatic carbocycles. The van der Waals surface area contributed by atoms with Gasteiger partial charge in [0.15, 0.2) is 0 Å². The maximum Gasteiger partial charge on any atom is 0.337 e. The first-order valence-corrected chi connectivity index (χ1v) is 6.21. The highest BCUT2D eigenvalue weighted by Crippen LogP contribution is 2.31. The molecule has 0 spiro atoms. The van der Waals surface area contributed by atoms with Crippen LogP contribution in [0.1, 0.15) is 21.5 Å². The molecule has 0 aromatic heterocycles. The van der Waals surface area contributed by atoms with Crippen LogP contribution in [0.4, 0.5) is 5.69 Å². The molecule has 0 fully saturated rings. The van der Waals surface area contributed by atoms with Crippen molar-refractivity contribution in [3.8, 4) is 17.6 Å². The third-order valence-electron chi connectivity index (χ3n) is 2.97. The summed E-state index contributed by atoms with van der Waals surface area (Å²) in [4.78, 5) is 11.4. The Labute approximate surface area is 122 Å². The van der Waals surface area contributed by atoms with Crippen LogP contribution < -0.4 is 10.5 Å². The Kier molecular flexibility index (Phi) is 4.10. The average Bonchev–Trinajstić information content (AvgIpc) is 2.50. The second-order valence-electron chi connectivity index (χ2n) is 4.44. The molecule has 5 heteroatoms. The Morgan fingerprint density at radius 2 is 1.95 bits per heavy atom. The van der Waals surface area contributed by atoms with Crippen molar-refractivity contribution >= 4 is 11.7 Å².